The summed E-state index contributed by atoms with van der Waals surface area (Å²) in [6.07, 6.45) is 3.71. The molecule has 1 aromatic heterocycles. The topological polar surface area (TPSA) is 72.5 Å². The van der Waals surface area contributed by atoms with Crippen molar-refractivity contribution in [2.75, 3.05) is 19.5 Å². The number of aromatic nitrogens is 1. The summed E-state index contributed by atoms with van der Waals surface area (Å²) in [6, 6.07) is 9.33. The third kappa shape index (κ3) is 3.71. The second kappa shape index (κ2) is 6.56. The van der Waals surface area contributed by atoms with Crippen LogP contribution in [0.3, 0.4) is 0 Å². The molecule has 6 nitrogen and oxygen atoms in total. The van der Waals surface area contributed by atoms with Gasteiger partial charge >= 0.3 is 0 Å². The Bertz CT molecular complexity index is 714. The highest BCUT2D eigenvalue weighted by atomic mass is 16.5. The van der Waals surface area contributed by atoms with E-state index in [2.05, 4.69) is 15.6 Å². The molecule has 1 fully saturated rings. The van der Waals surface area contributed by atoms with Crippen LogP contribution < -0.4 is 20.1 Å². The number of hydrogen-bond donors (Lipinski definition) is 2. The van der Waals surface area contributed by atoms with Crippen molar-refractivity contribution >= 4 is 17.3 Å². The summed E-state index contributed by atoms with van der Waals surface area (Å²) < 4.78 is 10.5. The van der Waals surface area contributed by atoms with Crippen LogP contribution in [-0.4, -0.2) is 31.2 Å². The molecular weight excluding hydrogens is 294 g/mol. The van der Waals surface area contributed by atoms with Gasteiger partial charge < -0.3 is 20.1 Å². The maximum Gasteiger partial charge on any atom is 0.270 e. The van der Waals surface area contributed by atoms with Crippen molar-refractivity contribution in [3.63, 3.8) is 0 Å². The fraction of sp³-hybridized carbons (Fsp3) is 0.294. The molecule has 23 heavy (non-hydrogen) atoms. The molecule has 1 saturated carbocycles. The zero-order chi connectivity index (χ0) is 16.2. The summed E-state index contributed by atoms with van der Waals surface area (Å²) in [4.78, 5) is 16.2. The molecule has 1 aromatic carbocycles. The fourth-order valence-electron chi connectivity index (χ4n) is 2.18. The van der Waals surface area contributed by atoms with E-state index in [-0.39, 0.29) is 5.91 Å². The number of hydrogen-bond acceptors (Lipinski definition) is 5. The molecule has 1 aliphatic carbocycles. The van der Waals surface area contributed by atoms with E-state index in [9.17, 15) is 4.79 Å². The second-order valence-electron chi connectivity index (χ2n) is 5.37. The number of ether oxygens (including phenoxy) is 2. The molecule has 0 saturated heterocycles. The number of pyridine rings is 1. The fourth-order valence-corrected chi connectivity index (χ4v) is 2.18. The van der Waals surface area contributed by atoms with Crippen LogP contribution in [0.2, 0.25) is 0 Å². The summed E-state index contributed by atoms with van der Waals surface area (Å²) in [6.45, 7) is 0. The number of carbonyl (C=O) groups is 1. The summed E-state index contributed by atoms with van der Waals surface area (Å²) >= 11 is 0. The van der Waals surface area contributed by atoms with Crippen molar-refractivity contribution < 1.29 is 14.3 Å². The van der Waals surface area contributed by atoms with Gasteiger partial charge in [-0.25, -0.2) is 0 Å². The predicted octanol–water partition coefficient (Wildman–Crippen LogP) is 2.73. The van der Waals surface area contributed by atoms with Gasteiger partial charge in [0.15, 0.2) is 0 Å². The number of anilines is 2. The first-order chi connectivity index (χ1) is 11.2. The largest absolute Gasteiger partial charge is 0.497 e. The van der Waals surface area contributed by atoms with Crippen molar-refractivity contribution in [3.8, 4) is 11.5 Å². The molecule has 0 radical (unpaired) electrons. The average molecular weight is 313 g/mol. The van der Waals surface area contributed by atoms with Gasteiger partial charge in [-0.1, -0.05) is 0 Å². The van der Waals surface area contributed by atoms with Gasteiger partial charge in [-0.15, -0.1) is 0 Å². The van der Waals surface area contributed by atoms with Gasteiger partial charge in [-0.05, 0) is 37.1 Å². The Labute approximate surface area is 134 Å². The molecule has 1 amide bonds. The van der Waals surface area contributed by atoms with E-state index in [0.29, 0.717) is 23.2 Å². The molecule has 1 heterocycles. The zero-order valence-electron chi connectivity index (χ0n) is 13.1. The average Bonchev–Trinajstić information content (AvgIpc) is 3.39. The SMILES string of the molecule is COc1ccc(Nc2ccnc(C(=O)NC3CC3)c2)c(OC)c1. The minimum absolute atomic E-state index is 0.141. The highest BCUT2D eigenvalue weighted by Gasteiger charge is 2.24. The summed E-state index contributed by atoms with van der Waals surface area (Å²) in [7, 11) is 3.20. The summed E-state index contributed by atoms with van der Waals surface area (Å²) in [5, 5.41) is 6.17. The number of nitrogens with one attached hydrogen (secondary N) is 2. The predicted molar refractivity (Wildman–Crippen MR) is 87.6 cm³/mol. The number of rotatable bonds is 6. The summed E-state index contributed by atoms with van der Waals surface area (Å²) in [5.74, 6) is 1.23. The molecule has 3 rings (SSSR count). The molecular formula is C17H19N3O3. The van der Waals surface area contributed by atoms with Crippen LogP contribution in [0.25, 0.3) is 0 Å². The molecule has 0 aliphatic heterocycles. The molecule has 120 valence electrons. The Balaban J connectivity index is 1.78. The van der Waals surface area contributed by atoms with Crippen molar-refractivity contribution in [1.82, 2.24) is 10.3 Å². The molecule has 0 atom stereocenters. The van der Waals surface area contributed by atoms with E-state index in [0.717, 1.165) is 24.2 Å². The van der Waals surface area contributed by atoms with Gasteiger partial charge in [0.2, 0.25) is 0 Å². The second-order valence-corrected chi connectivity index (χ2v) is 5.37. The third-order valence-electron chi connectivity index (χ3n) is 3.59. The quantitative estimate of drug-likeness (QED) is 0.858. The zero-order valence-corrected chi connectivity index (χ0v) is 13.1. The van der Waals surface area contributed by atoms with Crippen LogP contribution in [-0.2, 0) is 0 Å². The summed E-state index contributed by atoms with van der Waals surface area (Å²) in [5.41, 5.74) is 1.95. The number of amides is 1. The highest BCUT2D eigenvalue weighted by Crippen LogP contribution is 2.31. The maximum atomic E-state index is 12.1. The number of methoxy groups -OCH3 is 2. The monoisotopic (exact) mass is 313 g/mol. The lowest BCUT2D eigenvalue weighted by molar-refractivity contribution is 0.0946. The van der Waals surface area contributed by atoms with E-state index in [1.165, 1.54) is 0 Å². The molecule has 2 N–H and O–H groups in total. The van der Waals surface area contributed by atoms with Crippen LogP contribution >= 0.6 is 0 Å². The van der Waals surface area contributed by atoms with Crippen LogP contribution in [0.1, 0.15) is 23.3 Å². The smallest absolute Gasteiger partial charge is 0.270 e. The standard InChI is InChI=1S/C17H19N3O3/c1-22-13-5-6-14(16(10-13)23-2)19-12-7-8-18-15(9-12)17(21)20-11-3-4-11/h5-11H,3-4H2,1-2H3,(H,18,19)(H,20,21). The van der Waals surface area contributed by atoms with E-state index >= 15 is 0 Å². The van der Waals surface area contributed by atoms with Crippen LogP contribution in [0.4, 0.5) is 11.4 Å². The number of carbonyl (C=O) groups excluding carboxylic acids is 1. The Morgan fingerprint density at radius 1 is 1.17 bits per heavy atom. The Morgan fingerprint density at radius 2 is 2.00 bits per heavy atom. The van der Waals surface area contributed by atoms with Crippen molar-refractivity contribution in [1.29, 1.82) is 0 Å². The first-order valence-electron chi connectivity index (χ1n) is 7.45. The van der Waals surface area contributed by atoms with Gasteiger partial charge in [-0.2, -0.15) is 0 Å². The first-order valence-corrected chi connectivity index (χ1v) is 7.45. The molecule has 1 aliphatic rings. The first kappa shape index (κ1) is 15.1. The Hall–Kier alpha value is -2.76. The lowest BCUT2D eigenvalue weighted by atomic mass is 10.2. The van der Waals surface area contributed by atoms with E-state index in [1.54, 1.807) is 38.6 Å². The Morgan fingerprint density at radius 3 is 2.70 bits per heavy atom. The van der Waals surface area contributed by atoms with Crippen molar-refractivity contribution in [2.24, 2.45) is 0 Å². The van der Waals surface area contributed by atoms with Crippen LogP contribution in [0.5, 0.6) is 11.5 Å². The van der Waals surface area contributed by atoms with Crippen LogP contribution in [0.15, 0.2) is 36.5 Å². The van der Waals surface area contributed by atoms with E-state index < -0.39 is 0 Å². The third-order valence-corrected chi connectivity index (χ3v) is 3.59. The molecule has 6 heteroatoms. The minimum atomic E-state index is -0.141. The molecule has 0 spiro atoms. The lowest BCUT2D eigenvalue weighted by Gasteiger charge is -2.13. The molecule has 0 unspecified atom stereocenters. The van der Waals surface area contributed by atoms with Gasteiger partial charge in [-0.3, -0.25) is 9.78 Å². The lowest BCUT2D eigenvalue weighted by Crippen LogP contribution is -2.26. The minimum Gasteiger partial charge on any atom is -0.497 e. The number of benzene rings is 1. The van der Waals surface area contributed by atoms with Crippen molar-refractivity contribution in [3.05, 3.63) is 42.2 Å². The maximum absolute atomic E-state index is 12.1. The Kier molecular flexibility index (Phi) is 4.32. The van der Waals surface area contributed by atoms with E-state index in [1.807, 2.05) is 12.1 Å². The van der Waals surface area contributed by atoms with E-state index in [4.69, 9.17) is 9.47 Å². The van der Waals surface area contributed by atoms with Crippen molar-refractivity contribution in [2.45, 2.75) is 18.9 Å². The van der Waals surface area contributed by atoms with Crippen LogP contribution in [0, 0.1) is 0 Å². The van der Waals surface area contributed by atoms with Gasteiger partial charge in [0.05, 0.1) is 19.9 Å². The normalized spacial score (nSPS) is 13.3. The molecule has 2 aromatic rings. The van der Waals surface area contributed by atoms with Gasteiger partial charge in [0, 0.05) is 24.0 Å². The number of nitrogens with zero attached hydrogens (tertiary/aromatic N) is 1. The van der Waals surface area contributed by atoms with Gasteiger partial charge in [0.1, 0.15) is 17.2 Å². The molecule has 0 bridgehead atoms. The highest BCUT2D eigenvalue weighted by molar-refractivity contribution is 5.93. The van der Waals surface area contributed by atoms with Gasteiger partial charge in [0.25, 0.3) is 5.91 Å².